The monoisotopic (exact) mass is 585 g/mol. The minimum Gasteiger partial charge on any atom is -0.493 e. The molecule has 2 atom stereocenters. The Morgan fingerprint density at radius 3 is 2.51 bits per heavy atom. The smallest absolute Gasteiger partial charge is 0.242 e. The lowest BCUT2D eigenvalue weighted by Gasteiger charge is -2.19. The van der Waals surface area contributed by atoms with Gasteiger partial charge in [0.25, 0.3) is 0 Å². The van der Waals surface area contributed by atoms with E-state index in [1.807, 2.05) is 36.4 Å². The summed E-state index contributed by atoms with van der Waals surface area (Å²) >= 11 is 0. The van der Waals surface area contributed by atoms with Crippen LogP contribution in [0.2, 0.25) is 0 Å². The molecule has 0 radical (unpaired) electrons. The maximum absolute atomic E-state index is 13.6. The molecule has 5 rings (SSSR count). The van der Waals surface area contributed by atoms with Crippen molar-refractivity contribution in [2.24, 2.45) is 0 Å². The van der Waals surface area contributed by atoms with Crippen LogP contribution in [0.15, 0.2) is 53.3 Å². The largest absolute Gasteiger partial charge is 0.493 e. The number of benzene rings is 2. The number of hydrogen-bond acceptors (Lipinski definition) is 8. The van der Waals surface area contributed by atoms with E-state index in [0.29, 0.717) is 47.0 Å². The number of aromatic nitrogens is 2. The van der Waals surface area contributed by atoms with Crippen LogP contribution in [0.5, 0.6) is 17.2 Å². The van der Waals surface area contributed by atoms with E-state index in [1.165, 1.54) is 20.1 Å². The lowest BCUT2D eigenvalue weighted by Crippen LogP contribution is -2.38. The lowest BCUT2D eigenvalue weighted by molar-refractivity contribution is -0.122. The first-order chi connectivity index (χ1) is 20.7. The first-order valence-corrected chi connectivity index (χ1v) is 14.0. The Labute approximate surface area is 249 Å². The van der Waals surface area contributed by atoms with Crippen LogP contribution in [-0.2, 0) is 22.6 Å². The quantitative estimate of drug-likeness (QED) is 0.232. The van der Waals surface area contributed by atoms with Crippen molar-refractivity contribution in [3.05, 3.63) is 75.7 Å². The van der Waals surface area contributed by atoms with Gasteiger partial charge in [-0.3, -0.25) is 14.4 Å². The number of carbonyl (C=O) groups excluding carboxylic acids is 2. The summed E-state index contributed by atoms with van der Waals surface area (Å²) < 4.78 is 17.1. The number of nitrogens with zero attached hydrogens (tertiary/aromatic N) is 1. The maximum Gasteiger partial charge on any atom is 0.242 e. The van der Waals surface area contributed by atoms with Crippen molar-refractivity contribution in [3.8, 4) is 28.4 Å². The number of nitrogens with one attached hydrogen (secondary N) is 4. The average Bonchev–Trinajstić information content (AvgIpc) is 3.28. The Balaban J connectivity index is 1.49. The SMILES string of the molecule is COc1cc2c(c(OC)c1OC)-c1ccc(N[C@H](C)C(=O)NCc3nc4ccccc4[nH]3)c(=O)cc1[C@@H](NC(C)=O)CC2. The maximum atomic E-state index is 13.6. The van der Waals surface area contributed by atoms with Crippen LogP contribution in [-0.4, -0.2) is 49.2 Å². The topological polar surface area (TPSA) is 144 Å². The summed E-state index contributed by atoms with van der Waals surface area (Å²) in [6.07, 6.45) is 1.14. The zero-order valence-electron chi connectivity index (χ0n) is 24.8. The van der Waals surface area contributed by atoms with E-state index in [4.69, 9.17) is 14.2 Å². The lowest BCUT2D eigenvalue weighted by atomic mass is 9.95. The van der Waals surface area contributed by atoms with Crippen molar-refractivity contribution >= 4 is 28.5 Å². The van der Waals surface area contributed by atoms with Crippen LogP contribution in [0, 0.1) is 0 Å². The second kappa shape index (κ2) is 12.4. The van der Waals surface area contributed by atoms with Crippen molar-refractivity contribution in [1.82, 2.24) is 20.6 Å². The Hall–Kier alpha value is -5.06. The summed E-state index contributed by atoms with van der Waals surface area (Å²) in [6.45, 7) is 3.34. The van der Waals surface area contributed by atoms with Crippen LogP contribution in [0.1, 0.15) is 43.3 Å². The highest BCUT2D eigenvalue weighted by atomic mass is 16.5. The third-order valence-electron chi connectivity index (χ3n) is 7.55. The van der Waals surface area contributed by atoms with Crippen molar-refractivity contribution in [3.63, 3.8) is 0 Å². The molecular formula is C32H35N5O6. The van der Waals surface area contributed by atoms with Gasteiger partial charge in [-0.05, 0) is 66.8 Å². The summed E-state index contributed by atoms with van der Waals surface area (Å²) in [5, 5.41) is 8.92. The average molecular weight is 586 g/mol. The molecule has 11 heteroatoms. The molecule has 2 amide bonds. The van der Waals surface area contributed by atoms with E-state index in [-0.39, 0.29) is 29.5 Å². The van der Waals surface area contributed by atoms with E-state index < -0.39 is 12.1 Å². The minimum atomic E-state index is -0.725. The fourth-order valence-electron chi connectivity index (χ4n) is 5.54. The standard InChI is InChI=1S/C32H35N5O6/c1-17(32(40)33-16-28-36-23-8-6-7-9-24(23)37-28)34-25-13-11-20-21(15-26(25)39)22(35-18(2)38)12-10-19-14-27(41-3)30(42-4)31(43-5)29(19)20/h6-9,11,13-15,17,22H,10,12,16H2,1-5H3,(H,33,40)(H,34,39)(H,35,38)(H,36,37)/t17-,22+/m1/s1. The third-order valence-corrected chi connectivity index (χ3v) is 7.55. The van der Waals surface area contributed by atoms with Gasteiger partial charge in [0.05, 0.1) is 50.6 Å². The zero-order chi connectivity index (χ0) is 30.7. The predicted molar refractivity (Wildman–Crippen MR) is 164 cm³/mol. The fraction of sp³-hybridized carbons (Fsp3) is 0.312. The molecule has 1 aliphatic carbocycles. The number of carbonyl (C=O) groups is 2. The molecule has 0 saturated heterocycles. The van der Waals surface area contributed by atoms with Crippen molar-refractivity contribution < 1.29 is 23.8 Å². The van der Waals surface area contributed by atoms with Gasteiger partial charge in [0.1, 0.15) is 11.9 Å². The molecule has 1 heterocycles. The molecule has 224 valence electrons. The van der Waals surface area contributed by atoms with E-state index in [9.17, 15) is 14.4 Å². The molecule has 0 spiro atoms. The Kier molecular flexibility index (Phi) is 8.51. The summed E-state index contributed by atoms with van der Waals surface area (Å²) in [6, 6.07) is 13.3. The molecule has 0 aliphatic heterocycles. The van der Waals surface area contributed by atoms with Gasteiger partial charge in [-0.25, -0.2) is 4.98 Å². The van der Waals surface area contributed by atoms with Gasteiger partial charge in [-0.1, -0.05) is 18.2 Å². The molecule has 4 aromatic rings. The van der Waals surface area contributed by atoms with Crippen LogP contribution in [0.4, 0.5) is 5.69 Å². The minimum absolute atomic E-state index is 0.209. The number of ether oxygens (including phenoxy) is 3. The van der Waals surface area contributed by atoms with Crippen LogP contribution < -0.4 is 35.6 Å². The molecule has 0 unspecified atom stereocenters. The molecule has 3 aromatic carbocycles. The number of fused-ring (bicyclic) bond motifs is 4. The summed E-state index contributed by atoms with van der Waals surface area (Å²) in [5.41, 5.74) is 4.64. The van der Waals surface area contributed by atoms with Gasteiger partial charge in [-0.2, -0.15) is 0 Å². The second-order valence-electron chi connectivity index (χ2n) is 10.4. The number of aromatic amines is 1. The Morgan fingerprint density at radius 2 is 1.81 bits per heavy atom. The number of methoxy groups -OCH3 is 3. The molecular weight excluding hydrogens is 550 g/mol. The van der Waals surface area contributed by atoms with E-state index in [1.54, 1.807) is 27.2 Å². The summed E-state index contributed by atoms with van der Waals surface area (Å²) in [5.74, 6) is 1.53. The molecule has 1 aromatic heterocycles. The number of rotatable bonds is 9. The molecule has 0 bridgehead atoms. The zero-order valence-corrected chi connectivity index (χ0v) is 24.8. The van der Waals surface area contributed by atoms with Gasteiger partial charge in [0.2, 0.25) is 23.0 Å². The highest BCUT2D eigenvalue weighted by Crippen LogP contribution is 2.50. The second-order valence-corrected chi connectivity index (χ2v) is 10.4. The molecule has 4 N–H and O–H groups in total. The summed E-state index contributed by atoms with van der Waals surface area (Å²) in [4.78, 5) is 46.4. The molecule has 0 saturated carbocycles. The van der Waals surface area contributed by atoms with E-state index in [2.05, 4.69) is 25.9 Å². The van der Waals surface area contributed by atoms with Crippen LogP contribution in [0.3, 0.4) is 0 Å². The fourth-order valence-corrected chi connectivity index (χ4v) is 5.54. The van der Waals surface area contributed by atoms with Crippen LogP contribution >= 0.6 is 0 Å². The highest BCUT2D eigenvalue weighted by Gasteiger charge is 2.29. The Bertz CT molecular complexity index is 1720. The molecule has 11 nitrogen and oxygen atoms in total. The van der Waals surface area contributed by atoms with Gasteiger partial charge < -0.3 is 35.1 Å². The number of H-pyrrole nitrogens is 1. The van der Waals surface area contributed by atoms with Gasteiger partial charge in [0.15, 0.2) is 11.5 Å². The van der Waals surface area contributed by atoms with E-state index in [0.717, 1.165) is 22.2 Å². The van der Waals surface area contributed by atoms with E-state index >= 15 is 0 Å². The molecule has 43 heavy (non-hydrogen) atoms. The normalized spacial score (nSPS) is 14.5. The molecule has 0 fully saturated rings. The number of aryl methyl sites for hydroxylation is 1. The van der Waals surface area contributed by atoms with Gasteiger partial charge in [-0.15, -0.1) is 0 Å². The van der Waals surface area contributed by atoms with Gasteiger partial charge >= 0.3 is 0 Å². The number of hydrogen-bond donors (Lipinski definition) is 4. The number of para-hydroxylation sites is 2. The van der Waals surface area contributed by atoms with Crippen molar-refractivity contribution in [1.29, 1.82) is 0 Å². The first kappa shape index (κ1) is 29.4. The number of imidazole rings is 1. The number of amides is 2. The Morgan fingerprint density at radius 1 is 1.05 bits per heavy atom. The highest BCUT2D eigenvalue weighted by molar-refractivity contribution is 5.86. The van der Waals surface area contributed by atoms with Crippen LogP contribution in [0.25, 0.3) is 22.2 Å². The van der Waals surface area contributed by atoms with Gasteiger partial charge in [0, 0.05) is 12.5 Å². The van der Waals surface area contributed by atoms with Crippen molar-refractivity contribution in [2.75, 3.05) is 26.6 Å². The summed E-state index contributed by atoms with van der Waals surface area (Å²) in [7, 11) is 4.64. The van der Waals surface area contributed by atoms with Crippen molar-refractivity contribution in [2.45, 2.75) is 45.3 Å². The predicted octanol–water partition coefficient (Wildman–Crippen LogP) is 3.86. The first-order valence-electron chi connectivity index (χ1n) is 14.0. The third kappa shape index (κ3) is 5.97. The number of anilines is 1. The molecule has 1 aliphatic rings.